The fraction of sp³-hybridized carbons (Fsp3) is 0.524. The summed E-state index contributed by atoms with van der Waals surface area (Å²) < 4.78 is 4.62. The van der Waals surface area contributed by atoms with E-state index >= 15 is 0 Å². The van der Waals surface area contributed by atoms with Crippen molar-refractivity contribution in [1.29, 1.82) is 0 Å². The summed E-state index contributed by atoms with van der Waals surface area (Å²) in [5, 5.41) is 4.58. The molecule has 3 aromatic heterocycles. The third-order valence-corrected chi connectivity index (χ3v) is 7.17. The van der Waals surface area contributed by atoms with E-state index < -0.39 is 0 Å². The van der Waals surface area contributed by atoms with Crippen LogP contribution < -0.4 is 0 Å². The minimum atomic E-state index is 0.113. The molecule has 3 aromatic rings. The van der Waals surface area contributed by atoms with Gasteiger partial charge in [-0.2, -0.15) is 5.10 Å². The zero-order valence-corrected chi connectivity index (χ0v) is 15.6. The van der Waals surface area contributed by atoms with Crippen molar-refractivity contribution in [1.82, 2.24) is 29.3 Å². The van der Waals surface area contributed by atoms with Gasteiger partial charge in [-0.1, -0.05) is 6.07 Å². The summed E-state index contributed by atoms with van der Waals surface area (Å²) in [5.41, 5.74) is 2.24. The van der Waals surface area contributed by atoms with Crippen molar-refractivity contribution in [2.24, 2.45) is 11.8 Å². The standard InChI is InChI=1S/C21H24N6/c1-15-3-2-4-18(25-15)19-23-5-6-26(19)20-8-16-7-17(9-20)11-21(10-16,12-20)27-14-22-13-24-27/h2-6,13-14,16-17H,7-12H2,1H3. The van der Waals surface area contributed by atoms with E-state index in [1.807, 2.05) is 25.5 Å². The lowest BCUT2D eigenvalue weighted by Gasteiger charge is -2.62. The summed E-state index contributed by atoms with van der Waals surface area (Å²) in [5.74, 6) is 2.53. The van der Waals surface area contributed by atoms with Gasteiger partial charge in [-0.3, -0.25) is 0 Å². The van der Waals surface area contributed by atoms with Crippen LogP contribution in [0.1, 0.15) is 44.2 Å². The molecule has 27 heavy (non-hydrogen) atoms. The van der Waals surface area contributed by atoms with Gasteiger partial charge in [0, 0.05) is 23.6 Å². The van der Waals surface area contributed by atoms with Crippen molar-refractivity contribution >= 4 is 0 Å². The van der Waals surface area contributed by atoms with Gasteiger partial charge in [0.25, 0.3) is 0 Å². The van der Waals surface area contributed by atoms with E-state index in [0.717, 1.165) is 35.5 Å². The predicted octanol–water partition coefficient (Wildman–Crippen LogP) is 3.55. The van der Waals surface area contributed by atoms with E-state index in [-0.39, 0.29) is 11.1 Å². The van der Waals surface area contributed by atoms with Gasteiger partial charge in [0.2, 0.25) is 0 Å². The lowest BCUT2D eigenvalue weighted by Crippen LogP contribution is -2.60. The molecule has 3 heterocycles. The molecule has 6 nitrogen and oxygen atoms in total. The van der Waals surface area contributed by atoms with Crippen LogP contribution in [0.5, 0.6) is 0 Å². The Morgan fingerprint density at radius 3 is 2.63 bits per heavy atom. The summed E-state index contributed by atoms with van der Waals surface area (Å²) in [7, 11) is 0. The zero-order valence-electron chi connectivity index (χ0n) is 15.6. The molecule has 0 N–H and O–H groups in total. The number of aromatic nitrogens is 6. The lowest BCUT2D eigenvalue weighted by atomic mass is 9.49. The maximum absolute atomic E-state index is 4.76. The average molecular weight is 360 g/mol. The lowest BCUT2D eigenvalue weighted by molar-refractivity contribution is -0.0968. The molecule has 4 aliphatic carbocycles. The van der Waals surface area contributed by atoms with Crippen LogP contribution in [0, 0.1) is 18.8 Å². The van der Waals surface area contributed by atoms with Gasteiger partial charge in [0.15, 0.2) is 5.82 Å². The number of hydrogen-bond donors (Lipinski definition) is 0. The van der Waals surface area contributed by atoms with Crippen molar-refractivity contribution < 1.29 is 0 Å². The minimum Gasteiger partial charge on any atom is -0.323 e. The predicted molar refractivity (Wildman–Crippen MR) is 101 cm³/mol. The fourth-order valence-electron chi connectivity index (χ4n) is 6.71. The highest BCUT2D eigenvalue weighted by molar-refractivity contribution is 5.50. The Morgan fingerprint density at radius 2 is 1.89 bits per heavy atom. The first-order valence-electron chi connectivity index (χ1n) is 9.99. The summed E-state index contributed by atoms with van der Waals surface area (Å²) in [6.45, 7) is 2.04. The highest BCUT2D eigenvalue weighted by Gasteiger charge is 2.60. The van der Waals surface area contributed by atoms with E-state index in [4.69, 9.17) is 9.97 Å². The van der Waals surface area contributed by atoms with E-state index in [1.54, 1.807) is 6.33 Å². The maximum Gasteiger partial charge on any atom is 0.159 e. The van der Waals surface area contributed by atoms with Crippen molar-refractivity contribution in [3.05, 3.63) is 48.9 Å². The molecule has 2 unspecified atom stereocenters. The van der Waals surface area contributed by atoms with Crippen LogP contribution in [0.15, 0.2) is 43.2 Å². The molecule has 7 rings (SSSR count). The highest BCUT2D eigenvalue weighted by Crippen LogP contribution is 2.63. The molecular weight excluding hydrogens is 336 g/mol. The van der Waals surface area contributed by atoms with Gasteiger partial charge in [0.1, 0.15) is 18.3 Å². The monoisotopic (exact) mass is 360 g/mol. The van der Waals surface area contributed by atoms with Crippen molar-refractivity contribution in [2.75, 3.05) is 0 Å². The van der Waals surface area contributed by atoms with Crippen molar-refractivity contribution in [2.45, 2.75) is 56.5 Å². The van der Waals surface area contributed by atoms with Crippen molar-refractivity contribution in [3.63, 3.8) is 0 Å². The number of imidazole rings is 1. The molecule has 138 valence electrons. The smallest absolute Gasteiger partial charge is 0.159 e. The van der Waals surface area contributed by atoms with Crippen molar-refractivity contribution in [3.8, 4) is 11.5 Å². The molecule has 2 atom stereocenters. The van der Waals surface area contributed by atoms with Crippen LogP contribution in [-0.2, 0) is 11.1 Å². The first-order valence-corrected chi connectivity index (χ1v) is 9.99. The van der Waals surface area contributed by atoms with Crippen LogP contribution in [0.4, 0.5) is 0 Å². The Morgan fingerprint density at radius 1 is 1.07 bits per heavy atom. The van der Waals surface area contributed by atoms with Crippen LogP contribution in [0.3, 0.4) is 0 Å². The molecule has 4 fully saturated rings. The highest BCUT2D eigenvalue weighted by atomic mass is 15.4. The topological polar surface area (TPSA) is 61.4 Å². The number of pyridine rings is 1. The number of nitrogens with zero attached hydrogens (tertiary/aromatic N) is 6. The normalized spacial score (nSPS) is 34.3. The third kappa shape index (κ3) is 2.19. The van der Waals surface area contributed by atoms with Crippen LogP contribution in [-0.4, -0.2) is 29.3 Å². The average Bonchev–Trinajstić information content (AvgIpc) is 3.33. The van der Waals surface area contributed by atoms with Crippen LogP contribution in [0.25, 0.3) is 11.5 Å². The third-order valence-electron chi connectivity index (χ3n) is 7.17. The Kier molecular flexibility index (Phi) is 3.04. The number of hydrogen-bond acceptors (Lipinski definition) is 4. The van der Waals surface area contributed by atoms with Gasteiger partial charge >= 0.3 is 0 Å². The number of aryl methyl sites for hydroxylation is 1. The molecule has 6 heteroatoms. The minimum absolute atomic E-state index is 0.113. The molecule has 4 aliphatic rings. The van der Waals surface area contributed by atoms with Crippen LogP contribution >= 0.6 is 0 Å². The molecule has 0 aromatic carbocycles. The van der Waals surface area contributed by atoms with Gasteiger partial charge in [-0.05, 0) is 69.4 Å². The van der Waals surface area contributed by atoms with Gasteiger partial charge in [-0.25, -0.2) is 19.6 Å². The Balaban J connectivity index is 1.48. The first kappa shape index (κ1) is 15.5. The molecule has 4 saturated carbocycles. The molecule has 0 radical (unpaired) electrons. The first-order chi connectivity index (χ1) is 13.2. The van der Waals surface area contributed by atoms with Gasteiger partial charge in [0.05, 0.1) is 5.54 Å². The van der Waals surface area contributed by atoms with Gasteiger partial charge < -0.3 is 4.57 Å². The summed E-state index contributed by atoms with van der Waals surface area (Å²) in [4.78, 5) is 13.8. The molecular formula is C21H24N6. The van der Waals surface area contributed by atoms with Crippen LogP contribution in [0.2, 0.25) is 0 Å². The van der Waals surface area contributed by atoms with Gasteiger partial charge in [-0.15, -0.1) is 0 Å². The second kappa shape index (κ2) is 5.27. The molecule has 0 aliphatic heterocycles. The Bertz CT molecular complexity index is 974. The summed E-state index contributed by atoms with van der Waals surface area (Å²) in [6, 6.07) is 6.20. The molecule has 0 spiro atoms. The Hall–Kier alpha value is -2.50. The SMILES string of the molecule is Cc1cccc(-c2nccn2C23CC4CC(CC(n5cncn5)(C4)C2)C3)n1. The Labute approximate surface area is 158 Å². The fourth-order valence-corrected chi connectivity index (χ4v) is 6.71. The van der Waals surface area contributed by atoms with E-state index in [9.17, 15) is 0 Å². The summed E-state index contributed by atoms with van der Waals surface area (Å²) >= 11 is 0. The molecule has 0 amide bonds. The number of rotatable bonds is 3. The maximum atomic E-state index is 4.76. The quantitative estimate of drug-likeness (QED) is 0.717. The largest absolute Gasteiger partial charge is 0.323 e. The second-order valence-electron chi connectivity index (χ2n) is 9.03. The van der Waals surface area contributed by atoms with E-state index in [1.165, 1.54) is 32.1 Å². The van der Waals surface area contributed by atoms with E-state index in [2.05, 4.69) is 37.7 Å². The zero-order chi connectivity index (χ0) is 18.1. The molecule has 0 saturated heterocycles. The van der Waals surface area contributed by atoms with E-state index in [0.29, 0.717) is 0 Å². The second-order valence-corrected chi connectivity index (χ2v) is 9.03. The molecule has 4 bridgehead atoms. The summed E-state index contributed by atoms with van der Waals surface area (Å²) in [6.07, 6.45) is 15.2.